The maximum absolute atomic E-state index is 5.71. The minimum atomic E-state index is 0.0886. The van der Waals surface area contributed by atoms with Crippen molar-refractivity contribution < 1.29 is 9.47 Å². The summed E-state index contributed by atoms with van der Waals surface area (Å²) in [6.07, 6.45) is 0.0886. The molecule has 1 aromatic heterocycles. The SMILES string of the molecule is c1cc(Oc2ncsn2)cc([C@@H]2CNCCO2)c1. The quantitative estimate of drug-likeness (QED) is 0.917. The lowest BCUT2D eigenvalue weighted by atomic mass is 10.1. The molecule has 0 radical (unpaired) electrons. The zero-order valence-electron chi connectivity index (χ0n) is 9.70. The number of rotatable bonds is 3. The molecule has 5 nitrogen and oxygen atoms in total. The van der Waals surface area contributed by atoms with Gasteiger partial charge in [-0.2, -0.15) is 4.98 Å². The van der Waals surface area contributed by atoms with Gasteiger partial charge in [-0.3, -0.25) is 0 Å². The van der Waals surface area contributed by atoms with E-state index in [0.29, 0.717) is 6.01 Å². The van der Waals surface area contributed by atoms with Crippen LogP contribution in [-0.4, -0.2) is 29.1 Å². The first kappa shape index (κ1) is 11.6. The Balaban J connectivity index is 1.76. The van der Waals surface area contributed by atoms with Crippen LogP contribution in [0.3, 0.4) is 0 Å². The molecule has 1 aliphatic heterocycles. The van der Waals surface area contributed by atoms with Crippen LogP contribution < -0.4 is 10.1 Å². The zero-order valence-corrected chi connectivity index (χ0v) is 10.5. The second-order valence-electron chi connectivity index (χ2n) is 3.95. The molecular formula is C12H13N3O2S. The van der Waals surface area contributed by atoms with Crippen molar-refractivity contribution in [3.63, 3.8) is 0 Å². The molecule has 94 valence electrons. The highest BCUT2D eigenvalue weighted by molar-refractivity contribution is 7.03. The van der Waals surface area contributed by atoms with Crippen molar-refractivity contribution in [2.75, 3.05) is 19.7 Å². The summed E-state index contributed by atoms with van der Waals surface area (Å²) < 4.78 is 15.3. The first-order valence-corrected chi connectivity index (χ1v) is 6.62. The second kappa shape index (κ2) is 5.43. The Morgan fingerprint density at radius 1 is 1.44 bits per heavy atom. The average Bonchev–Trinajstić information content (AvgIpc) is 2.93. The Morgan fingerprint density at radius 2 is 2.44 bits per heavy atom. The lowest BCUT2D eigenvalue weighted by molar-refractivity contribution is 0.0276. The fourth-order valence-corrected chi connectivity index (χ4v) is 2.23. The van der Waals surface area contributed by atoms with Crippen molar-refractivity contribution in [2.24, 2.45) is 0 Å². The van der Waals surface area contributed by atoms with Crippen LogP contribution in [0.5, 0.6) is 11.8 Å². The molecule has 1 fully saturated rings. The van der Waals surface area contributed by atoms with E-state index in [1.165, 1.54) is 11.5 Å². The van der Waals surface area contributed by atoms with Gasteiger partial charge < -0.3 is 14.8 Å². The van der Waals surface area contributed by atoms with Gasteiger partial charge in [-0.1, -0.05) is 12.1 Å². The molecule has 1 N–H and O–H groups in total. The third-order valence-corrected chi connectivity index (χ3v) is 3.17. The minimum Gasteiger partial charge on any atom is -0.424 e. The molecule has 1 saturated heterocycles. The van der Waals surface area contributed by atoms with Gasteiger partial charge in [0, 0.05) is 13.1 Å². The lowest BCUT2D eigenvalue weighted by Crippen LogP contribution is -2.33. The molecule has 18 heavy (non-hydrogen) atoms. The van der Waals surface area contributed by atoms with Crippen molar-refractivity contribution in [3.8, 4) is 11.8 Å². The number of benzene rings is 1. The average molecular weight is 263 g/mol. The van der Waals surface area contributed by atoms with Crippen molar-refractivity contribution in [3.05, 3.63) is 35.3 Å². The monoisotopic (exact) mass is 263 g/mol. The summed E-state index contributed by atoms with van der Waals surface area (Å²) in [6, 6.07) is 8.24. The molecular weight excluding hydrogens is 250 g/mol. The van der Waals surface area contributed by atoms with Crippen molar-refractivity contribution in [2.45, 2.75) is 6.10 Å². The summed E-state index contributed by atoms with van der Waals surface area (Å²) in [5, 5.41) is 3.31. The lowest BCUT2D eigenvalue weighted by Gasteiger charge is -2.24. The number of hydrogen-bond acceptors (Lipinski definition) is 6. The Labute approximate surface area is 109 Å². The standard InChI is InChI=1S/C12H13N3O2S/c1-2-9(11-7-13-4-5-16-11)6-10(3-1)17-12-14-8-18-15-12/h1-3,6,8,11,13H,4-5,7H2/t11-/m0/s1. The highest BCUT2D eigenvalue weighted by atomic mass is 32.1. The van der Waals surface area contributed by atoms with Crippen LogP contribution in [0, 0.1) is 0 Å². The van der Waals surface area contributed by atoms with Crippen LogP contribution in [0.2, 0.25) is 0 Å². The van der Waals surface area contributed by atoms with Crippen LogP contribution in [0.4, 0.5) is 0 Å². The Bertz CT molecular complexity index is 498. The first-order valence-electron chi connectivity index (χ1n) is 5.78. The van der Waals surface area contributed by atoms with Crippen LogP contribution in [0.15, 0.2) is 29.8 Å². The van der Waals surface area contributed by atoms with E-state index in [0.717, 1.165) is 31.0 Å². The van der Waals surface area contributed by atoms with Crippen LogP contribution in [0.25, 0.3) is 0 Å². The number of aromatic nitrogens is 2. The van der Waals surface area contributed by atoms with Gasteiger partial charge in [-0.05, 0) is 29.2 Å². The summed E-state index contributed by atoms with van der Waals surface area (Å²) in [4.78, 5) is 4.00. The molecule has 2 heterocycles. The molecule has 0 aliphatic carbocycles. The number of morpholine rings is 1. The summed E-state index contributed by atoms with van der Waals surface area (Å²) in [6.45, 7) is 2.48. The van der Waals surface area contributed by atoms with Gasteiger partial charge in [-0.25, -0.2) is 0 Å². The minimum absolute atomic E-state index is 0.0886. The van der Waals surface area contributed by atoms with Gasteiger partial charge in [0.05, 0.1) is 12.7 Å². The molecule has 6 heteroatoms. The second-order valence-corrected chi connectivity index (χ2v) is 4.56. The van der Waals surface area contributed by atoms with Gasteiger partial charge >= 0.3 is 6.01 Å². The summed E-state index contributed by atoms with van der Waals surface area (Å²) in [5.41, 5.74) is 2.75. The van der Waals surface area contributed by atoms with E-state index in [1.54, 1.807) is 5.51 Å². The fourth-order valence-electron chi connectivity index (χ4n) is 1.87. The van der Waals surface area contributed by atoms with E-state index in [4.69, 9.17) is 9.47 Å². The fraction of sp³-hybridized carbons (Fsp3) is 0.333. The number of hydrogen-bond donors (Lipinski definition) is 1. The van der Waals surface area contributed by atoms with Crippen LogP contribution >= 0.6 is 11.5 Å². The predicted octanol–water partition coefficient (Wildman–Crippen LogP) is 1.99. The summed E-state index contributed by atoms with van der Waals surface area (Å²) >= 11 is 1.27. The maximum atomic E-state index is 5.71. The predicted molar refractivity (Wildman–Crippen MR) is 68.0 cm³/mol. The van der Waals surface area contributed by atoms with E-state index in [2.05, 4.69) is 14.7 Å². The van der Waals surface area contributed by atoms with E-state index >= 15 is 0 Å². The zero-order chi connectivity index (χ0) is 12.2. The van der Waals surface area contributed by atoms with Gasteiger partial charge in [0.2, 0.25) is 0 Å². The van der Waals surface area contributed by atoms with E-state index < -0.39 is 0 Å². The number of ether oxygens (including phenoxy) is 2. The number of nitrogens with one attached hydrogen (secondary N) is 1. The first-order chi connectivity index (χ1) is 8.92. The molecule has 3 rings (SSSR count). The summed E-state index contributed by atoms with van der Waals surface area (Å²) in [7, 11) is 0. The summed E-state index contributed by atoms with van der Waals surface area (Å²) in [5.74, 6) is 0.736. The van der Waals surface area contributed by atoms with E-state index in [9.17, 15) is 0 Å². The van der Waals surface area contributed by atoms with Crippen molar-refractivity contribution in [1.82, 2.24) is 14.7 Å². The molecule has 1 aromatic carbocycles. The highest BCUT2D eigenvalue weighted by Gasteiger charge is 2.16. The third-order valence-electron chi connectivity index (χ3n) is 2.71. The van der Waals surface area contributed by atoms with Crippen molar-refractivity contribution in [1.29, 1.82) is 0 Å². The Kier molecular flexibility index (Phi) is 3.49. The molecule has 1 aliphatic rings. The van der Waals surface area contributed by atoms with Gasteiger partial charge in [0.1, 0.15) is 11.3 Å². The van der Waals surface area contributed by atoms with Crippen LogP contribution in [-0.2, 0) is 4.74 Å². The molecule has 0 amide bonds. The Hall–Kier alpha value is -1.50. The molecule has 0 saturated carbocycles. The smallest absolute Gasteiger partial charge is 0.333 e. The largest absolute Gasteiger partial charge is 0.424 e. The van der Waals surface area contributed by atoms with E-state index in [1.807, 2.05) is 24.3 Å². The molecule has 0 unspecified atom stereocenters. The number of nitrogens with zero attached hydrogens (tertiary/aromatic N) is 2. The normalized spacial score (nSPS) is 19.7. The van der Waals surface area contributed by atoms with Gasteiger partial charge in [0.25, 0.3) is 0 Å². The third kappa shape index (κ3) is 2.66. The molecule has 0 bridgehead atoms. The molecule has 0 spiro atoms. The van der Waals surface area contributed by atoms with Gasteiger partial charge in [-0.15, -0.1) is 4.37 Å². The Morgan fingerprint density at radius 3 is 3.22 bits per heavy atom. The topological polar surface area (TPSA) is 56.3 Å². The maximum Gasteiger partial charge on any atom is 0.333 e. The van der Waals surface area contributed by atoms with E-state index in [-0.39, 0.29) is 6.10 Å². The molecule has 2 aromatic rings. The van der Waals surface area contributed by atoms with Crippen molar-refractivity contribution >= 4 is 11.5 Å². The molecule has 1 atom stereocenters. The van der Waals surface area contributed by atoms with Crippen LogP contribution in [0.1, 0.15) is 11.7 Å². The van der Waals surface area contributed by atoms with Gasteiger partial charge in [0.15, 0.2) is 0 Å². The highest BCUT2D eigenvalue weighted by Crippen LogP contribution is 2.25.